The number of benzene rings is 2. The normalized spacial score (nSPS) is 8.71. The van der Waals surface area contributed by atoms with Crippen LogP contribution < -0.4 is 0 Å². The van der Waals surface area contributed by atoms with Crippen LogP contribution in [-0.2, 0) is 0 Å². The van der Waals surface area contributed by atoms with Crippen molar-refractivity contribution < 1.29 is 0 Å². The fraction of sp³-hybridized carbons (Fsp3) is 0.310. The van der Waals surface area contributed by atoms with E-state index in [0.717, 1.165) is 38.9 Å². The first kappa shape index (κ1) is 31.2. The molecule has 0 saturated heterocycles. The van der Waals surface area contributed by atoms with Gasteiger partial charge in [0.1, 0.15) is 19.0 Å². The van der Waals surface area contributed by atoms with Crippen molar-refractivity contribution in [1.82, 2.24) is 29.9 Å². The van der Waals surface area contributed by atoms with Crippen LogP contribution in [0.1, 0.15) is 58.6 Å². The molecule has 0 bridgehead atoms. The van der Waals surface area contributed by atoms with Gasteiger partial charge >= 0.3 is 0 Å². The van der Waals surface area contributed by atoms with Gasteiger partial charge in [0.25, 0.3) is 0 Å². The smallest absolute Gasteiger partial charge is 0.116 e. The number of rotatable bonds is 0. The molecule has 0 saturated carbocycles. The van der Waals surface area contributed by atoms with Gasteiger partial charge in [-0.25, -0.2) is 29.9 Å². The van der Waals surface area contributed by atoms with E-state index in [0.29, 0.717) is 0 Å². The van der Waals surface area contributed by atoms with E-state index in [2.05, 4.69) is 29.9 Å². The lowest BCUT2D eigenvalue weighted by atomic mass is 10.2. The molecule has 35 heavy (non-hydrogen) atoms. The third-order valence-electron chi connectivity index (χ3n) is 4.21. The number of aromatic nitrogens is 6. The zero-order valence-electron chi connectivity index (χ0n) is 22.7. The average Bonchev–Trinajstić information content (AvgIpc) is 2.94. The van der Waals surface area contributed by atoms with Gasteiger partial charge in [-0.15, -0.1) is 0 Å². The molecule has 186 valence electrons. The highest BCUT2D eigenvalue weighted by molar-refractivity contribution is 5.80. The summed E-state index contributed by atoms with van der Waals surface area (Å²) in [7, 11) is 0. The molecule has 0 N–H and O–H groups in total. The van der Waals surface area contributed by atoms with E-state index in [1.54, 1.807) is 18.9 Å². The van der Waals surface area contributed by atoms with E-state index in [9.17, 15) is 0 Å². The summed E-state index contributed by atoms with van der Waals surface area (Å²) >= 11 is 0. The Balaban J connectivity index is 0.000000456. The van der Waals surface area contributed by atoms with Gasteiger partial charge in [0.15, 0.2) is 0 Å². The quantitative estimate of drug-likeness (QED) is 0.229. The van der Waals surface area contributed by atoms with Gasteiger partial charge in [-0.05, 0) is 39.0 Å². The van der Waals surface area contributed by atoms with Crippen LogP contribution in [0.2, 0.25) is 0 Å². The lowest BCUT2D eigenvalue weighted by Crippen LogP contribution is -1.85. The summed E-state index contributed by atoms with van der Waals surface area (Å²) in [4.78, 5) is 24.1. The minimum atomic E-state index is 1.01. The number of hydrogen-bond acceptors (Lipinski definition) is 6. The van der Waals surface area contributed by atoms with Gasteiger partial charge in [-0.1, -0.05) is 77.9 Å². The lowest BCUT2D eigenvalue weighted by Gasteiger charge is -1.96. The molecule has 0 fully saturated rings. The Hall–Kier alpha value is -3.80. The molecule has 0 atom stereocenters. The molecule has 0 aliphatic heterocycles. The molecule has 5 aromatic rings. The Morgan fingerprint density at radius 2 is 0.886 bits per heavy atom. The molecule has 0 amide bonds. The first-order valence-corrected chi connectivity index (χ1v) is 12.2. The van der Waals surface area contributed by atoms with Crippen molar-refractivity contribution in [2.75, 3.05) is 0 Å². The van der Waals surface area contributed by atoms with Crippen LogP contribution in [0.4, 0.5) is 0 Å². The number of nitrogens with zero attached hydrogens (tertiary/aromatic N) is 6. The van der Waals surface area contributed by atoms with E-state index < -0.39 is 0 Å². The highest BCUT2D eigenvalue weighted by Crippen LogP contribution is 2.12. The van der Waals surface area contributed by atoms with Crippen LogP contribution in [0, 0.1) is 20.8 Å². The number of hydrogen-bond donors (Lipinski definition) is 0. The molecule has 0 spiro atoms. The van der Waals surface area contributed by atoms with Crippen LogP contribution >= 0.6 is 0 Å². The Labute approximate surface area is 211 Å². The van der Waals surface area contributed by atoms with Crippen molar-refractivity contribution in [1.29, 1.82) is 0 Å². The summed E-state index contributed by atoms with van der Waals surface area (Å²) in [6, 6.07) is 17.9. The topological polar surface area (TPSA) is 77.3 Å². The van der Waals surface area contributed by atoms with Crippen molar-refractivity contribution in [2.45, 2.75) is 62.3 Å². The lowest BCUT2D eigenvalue weighted by molar-refractivity contribution is 1.10. The third-order valence-corrected chi connectivity index (χ3v) is 4.21. The molecule has 6 heteroatoms. The van der Waals surface area contributed by atoms with Crippen LogP contribution in [-0.4, -0.2) is 29.9 Å². The Bertz CT molecular complexity index is 1110. The summed E-state index contributed by atoms with van der Waals surface area (Å²) < 4.78 is 0. The molecule has 0 aliphatic rings. The molecular formula is C29H40N6. The maximum absolute atomic E-state index is 4.13. The number of fused-ring (bicyclic) bond motifs is 2. The van der Waals surface area contributed by atoms with Crippen molar-refractivity contribution in [2.24, 2.45) is 0 Å². The molecule has 0 radical (unpaired) electrons. The summed E-state index contributed by atoms with van der Waals surface area (Å²) in [5.41, 5.74) is 5.11. The summed E-state index contributed by atoms with van der Waals surface area (Å²) in [6.45, 7) is 17.9. The predicted octanol–water partition coefficient (Wildman–Crippen LogP) is 7.74. The molecular weight excluding hydrogens is 432 g/mol. The van der Waals surface area contributed by atoms with E-state index in [4.69, 9.17) is 0 Å². The molecule has 0 unspecified atom stereocenters. The predicted molar refractivity (Wildman–Crippen MR) is 149 cm³/mol. The molecule has 3 heterocycles. The Kier molecular flexibility index (Phi) is 17.5. The maximum Gasteiger partial charge on any atom is 0.116 e. The number of aryl methyl sites for hydroxylation is 3. The highest BCUT2D eigenvalue weighted by atomic mass is 14.8. The average molecular weight is 473 g/mol. The second kappa shape index (κ2) is 19.6. The highest BCUT2D eigenvalue weighted by Gasteiger charge is 1.95. The second-order valence-electron chi connectivity index (χ2n) is 6.30. The van der Waals surface area contributed by atoms with Gasteiger partial charge in [0, 0.05) is 34.1 Å². The van der Waals surface area contributed by atoms with Gasteiger partial charge < -0.3 is 0 Å². The van der Waals surface area contributed by atoms with E-state index in [1.807, 2.05) is 117 Å². The van der Waals surface area contributed by atoms with Gasteiger partial charge in [0.05, 0.1) is 11.0 Å². The fourth-order valence-corrected chi connectivity index (χ4v) is 2.64. The first-order valence-electron chi connectivity index (χ1n) is 12.2. The molecule has 5 rings (SSSR count). The van der Waals surface area contributed by atoms with E-state index in [1.165, 1.54) is 6.33 Å². The monoisotopic (exact) mass is 472 g/mol. The largest absolute Gasteiger partial charge is 0.245 e. The third kappa shape index (κ3) is 11.3. The fourth-order valence-electron chi connectivity index (χ4n) is 2.64. The Morgan fingerprint density at radius 1 is 0.457 bits per heavy atom. The second-order valence-corrected chi connectivity index (χ2v) is 6.30. The minimum absolute atomic E-state index is 1.01. The summed E-state index contributed by atoms with van der Waals surface area (Å²) in [5.74, 6) is 0. The van der Waals surface area contributed by atoms with Gasteiger partial charge in [-0.2, -0.15) is 0 Å². The molecule has 2 aromatic carbocycles. The summed E-state index contributed by atoms with van der Waals surface area (Å²) in [5, 5.41) is 2.27. The van der Waals surface area contributed by atoms with E-state index >= 15 is 0 Å². The van der Waals surface area contributed by atoms with Crippen LogP contribution in [0.25, 0.3) is 21.8 Å². The maximum atomic E-state index is 4.13. The zero-order chi connectivity index (χ0) is 26.5. The van der Waals surface area contributed by atoms with Crippen molar-refractivity contribution in [3.63, 3.8) is 0 Å². The van der Waals surface area contributed by atoms with Gasteiger partial charge in [-0.3, -0.25) is 0 Å². The molecule has 3 aromatic heterocycles. The van der Waals surface area contributed by atoms with Crippen molar-refractivity contribution >= 4 is 21.8 Å². The van der Waals surface area contributed by atoms with Crippen LogP contribution in [0.5, 0.6) is 0 Å². The summed E-state index contributed by atoms with van der Waals surface area (Å²) in [6.07, 6.45) is 6.45. The molecule has 0 aliphatic carbocycles. The van der Waals surface area contributed by atoms with E-state index in [-0.39, 0.29) is 0 Å². The molecule has 6 nitrogen and oxygen atoms in total. The SMILES string of the molecule is CC.CC.CC.Cc1ccncn1.Cc1ncnc2ccccc12.Cc1ncnc2ccccc12. The van der Waals surface area contributed by atoms with Crippen LogP contribution in [0.3, 0.4) is 0 Å². The standard InChI is InChI=1S/2C9H8N2.C5H6N2.3C2H6/c2*1-7-8-4-2-3-5-9(8)11-6-10-7;1-5-2-3-6-4-7-5;3*1-2/h2*2-6H,1H3;2-4H,1H3;3*1-2H3. The van der Waals surface area contributed by atoms with Crippen molar-refractivity contribution in [3.05, 3.63) is 96.9 Å². The van der Waals surface area contributed by atoms with Crippen molar-refractivity contribution in [3.8, 4) is 0 Å². The zero-order valence-corrected chi connectivity index (χ0v) is 22.7. The van der Waals surface area contributed by atoms with Crippen LogP contribution in [0.15, 0.2) is 79.8 Å². The minimum Gasteiger partial charge on any atom is -0.245 e. The van der Waals surface area contributed by atoms with Gasteiger partial charge in [0.2, 0.25) is 0 Å². The first-order chi connectivity index (χ1) is 17.1. The Morgan fingerprint density at radius 3 is 1.20 bits per heavy atom. The number of para-hydroxylation sites is 2.